The highest BCUT2D eigenvalue weighted by atomic mass is 32.1. The van der Waals surface area contributed by atoms with Crippen molar-refractivity contribution >= 4 is 38.9 Å². The van der Waals surface area contributed by atoms with Crippen molar-refractivity contribution in [2.45, 2.75) is 19.9 Å². The molecule has 2 aromatic carbocycles. The smallest absolute Gasteiger partial charge is 0.291 e. The Morgan fingerprint density at radius 1 is 1.19 bits per heavy atom. The van der Waals surface area contributed by atoms with E-state index < -0.39 is 11.7 Å². The number of ketones is 1. The number of aromatic nitrogens is 1. The van der Waals surface area contributed by atoms with Crippen LogP contribution >= 0.6 is 11.3 Å². The number of carbonyl (C=O) groups is 2. The van der Waals surface area contributed by atoms with E-state index in [2.05, 4.69) is 13.0 Å². The number of anilines is 1. The largest absolute Gasteiger partial charge is 0.300 e. The Hall–Kier alpha value is -2.57. The van der Waals surface area contributed by atoms with Crippen molar-refractivity contribution in [2.24, 2.45) is 0 Å². The molecule has 0 unspecified atom stereocenters. The second kappa shape index (κ2) is 6.30. The summed E-state index contributed by atoms with van der Waals surface area (Å²) in [7, 11) is 1.95. The van der Waals surface area contributed by atoms with Gasteiger partial charge < -0.3 is 0 Å². The fraction of sp³-hybridized carbons (Fsp3) is 0.250. The Kier molecular flexibility index (Phi) is 4.09. The standard InChI is InChI=1S/C20H19N3O2S/c1-12-8-9-16-14(10-12)18(24)20(25)23(16)11-22(3)13(2)19-21-15-6-4-5-7-17(15)26-19/h4-10,13H,11H2,1-3H3/t13-/m0/s1. The van der Waals surface area contributed by atoms with E-state index in [1.54, 1.807) is 22.3 Å². The van der Waals surface area contributed by atoms with Crippen LogP contribution in [0.4, 0.5) is 5.69 Å². The molecule has 3 aromatic rings. The van der Waals surface area contributed by atoms with E-state index in [0.717, 1.165) is 20.8 Å². The van der Waals surface area contributed by atoms with Crippen LogP contribution in [-0.4, -0.2) is 35.3 Å². The molecule has 0 saturated heterocycles. The second-order valence-corrected chi connectivity index (χ2v) is 7.74. The Bertz CT molecular complexity index is 994. The summed E-state index contributed by atoms with van der Waals surface area (Å²) >= 11 is 1.66. The molecule has 0 bridgehead atoms. The third kappa shape index (κ3) is 2.71. The van der Waals surface area contributed by atoms with Crippen molar-refractivity contribution in [3.05, 3.63) is 58.6 Å². The molecular weight excluding hydrogens is 346 g/mol. The lowest BCUT2D eigenvalue weighted by Crippen LogP contribution is -2.40. The molecule has 0 N–H and O–H groups in total. The highest BCUT2D eigenvalue weighted by Gasteiger charge is 2.36. The van der Waals surface area contributed by atoms with Crippen molar-refractivity contribution in [3.63, 3.8) is 0 Å². The van der Waals surface area contributed by atoms with Gasteiger partial charge in [-0.05, 0) is 45.2 Å². The van der Waals surface area contributed by atoms with E-state index in [9.17, 15) is 9.59 Å². The van der Waals surface area contributed by atoms with Gasteiger partial charge in [0.2, 0.25) is 0 Å². The SMILES string of the molecule is Cc1ccc2c(c1)C(=O)C(=O)N2CN(C)[C@@H](C)c1nc2ccccc2s1. The normalized spacial score (nSPS) is 15.2. The second-order valence-electron chi connectivity index (χ2n) is 6.68. The zero-order valence-corrected chi connectivity index (χ0v) is 15.7. The van der Waals surface area contributed by atoms with Gasteiger partial charge in [0.25, 0.3) is 5.78 Å². The number of carbonyl (C=O) groups excluding carboxylic acids is 2. The lowest BCUT2D eigenvalue weighted by Gasteiger charge is -2.28. The molecule has 2 heterocycles. The first-order chi connectivity index (χ1) is 12.5. The molecule has 1 aliphatic heterocycles. The molecule has 0 saturated carbocycles. The topological polar surface area (TPSA) is 53.5 Å². The van der Waals surface area contributed by atoms with Crippen LogP contribution in [0.1, 0.15) is 33.9 Å². The van der Waals surface area contributed by atoms with E-state index in [1.165, 1.54) is 0 Å². The Labute approximate surface area is 155 Å². The maximum absolute atomic E-state index is 12.4. The van der Waals surface area contributed by atoms with Gasteiger partial charge in [-0.25, -0.2) is 4.98 Å². The number of rotatable bonds is 4. The summed E-state index contributed by atoms with van der Waals surface area (Å²) in [6.45, 7) is 4.33. The summed E-state index contributed by atoms with van der Waals surface area (Å²) < 4.78 is 1.15. The number of amides is 1. The quantitative estimate of drug-likeness (QED) is 0.660. The zero-order chi connectivity index (χ0) is 18.4. The van der Waals surface area contributed by atoms with Gasteiger partial charge >= 0.3 is 5.91 Å². The highest BCUT2D eigenvalue weighted by molar-refractivity contribution is 7.18. The molecule has 0 fully saturated rings. The van der Waals surface area contributed by atoms with Gasteiger partial charge in [-0.15, -0.1) is 11.3 Å². The minimum Gasteiger partial charge on any atom is -0.291 e. The lowest BCUT2D eigenvalue weighted by atomic mass is 10.1. The number of aryl methyl sites for hydroxylation is 1. The summed E-state index contributed by atoms with van der Waals surface area (Å²) in [5.41, 5.74) is 3.15. The average molecular weight is 365 g/mol. The number of fused-ring (bicyclic) bond motifs is 2. The van der Waals surface area contributed by atoms with Crippen LogP contribution in [0.5, 0.6) is 0 Å². The van der Waals surface area contributed by atoms with Crippen LogP contribution in [0.3, 0.4) is 0 Å². The predicted molar refractivity (Wildman–Crippen MR) is 104 cm³/mol. The Balaban J connectivity index is 1.59. The maximum atomic E-state index is 12.4. The summed E-state index contributed by atoms with van der Waals surface area (Å²) in [5, 5.41) is 0.996. The van der Waals surface area contributed by atoms with Crippen molar-refractivity contribution in [3.8, 4) is 0 Å². The molecule has 26 heavy (non-hydrogen) atoms. The Morgan fingerprint density at radius 2 is 1.96 bits per heavy atom. The molecule has 4 rings (SSSR count). The van der Waals surface area contributed by atoms with Crippen LogP contribution in [-0.2, 0) is 4.79 Å². The number of hydrogen-bond donors (Lipinski definition) is 0. The van der Waals surface area contributed by atoms with Crippen molar-refractivity contribution in [1.29, 1.82) is 0 Å². The summed E-state index contributed by atoms with van der Waals surface area (Å²) in [4.78, 5) is 33.0. The van der Waals surface area contributed by atoms with Gasteiger partial charge in [0.1, 0.15) is 5.01 Å². The van der Waals surface area contributed by atoms with Crippen molar-refractivity contribution < 1.29 is 9.59 Å². The zero-order valence-electron chi connectivity index (χ0n) is 14.9. The van der Waals surface area contributed by atoms with Gasteiger partial charge in [0.05, 0.1) is 34.2 Å². The first-order valence-electron chi connectivity index (χ1n) is 8.48. The number of benzene rings is 2. The Morgan fingerprint density at radius 3 is 2.73 bits per heavy atom. The van der Waals surface area contributed by atoms with E-state index in [-0.39, 0.29) is 6.04 Å². The number of para-hydroxylation sites is 1. The van der Waals surface area contributed by atoms with E-state index in [4.69, 9.17) is 4.98 Å². The van der Waals surface area contributed by atoms with Gasteiger partial charge in [-0.2, -0.15) is 0 Å². The summed E-state index contributed by atoms with van der Waals surface area (Å²) in [5.74, 6) is -0.890. The first-order valence-corrected chi connectivity index (χ1v) is 9.30. The fourth-order valence-electron chi connectivity index (χ4n) is 3.16. The van der Waals surface area contributed by atoms with E-state index in [1.807, 2.05) is 49.2 Å². The molecule has 0 aliphatic carbocycles. The minimum absolute atomic E-state index is 0.0322. The van der Waals surface area contributed by atoms with Crippen molar-refractivity contribution in [1.82, 2.24) is 9.88 Å². The molecule has 5 nitrogen and oxygen atoms in total. The van der Waals surface area contributed by atoms with Gasteiger partial charge in [0.15, 0.2) is 0 Å². The van der Waals surface area contributed by atoms with Crippen LogP contribution < -0.4 is 4.90 Å². The molecule has 1 aliphatic rings. The molecule has 6 heteroatoms. The summed E-state index contributed by atoms with van der Waals surface area (Å²) in [6.07, 6.45) is 0. The number of hydrogen-bond acceptors (Lipinski definition) is 5. The fourth-order valence-corrected chi connectivity index (χ4v) is 4.24. The molecule has 1 amide bonds. The molecule has 132 valence electrons. The molecule has 0 spiro atoms. The van der Waals surface area contributed by atoms with E-state index in [0.29, 0.717) is 17.9 Å². The number of Topliss-reactive ketones (excluding diaryl/α,β-unsaturated/α-hetero) is 1. The lowest BCUT2D eigenvalue weighted by molar-refractivity contribution is -0.114. The predicted octanol–water partition coefficient (Wildman–Crippen LogP) is 3.78. The van der Waals surface area contributed by atoms with Crippen LogP contribution in [0, 0.1) is 6.92 Å². The van der Waals surface area contributed by atoms with Crippen LogP contribution in [0.2, 0.25) is 0 Å². The molecular formula is C20H19N3O2S. The van der Waals surface area contributed by atoms with Gasteiger partial charge in [0, 0.05) is 0 Å². The number of thiazole rings is 1. The van der Waals surface area contributed by atoms with Crippen LogP contribution in [0.15, 0.2) is 42.5 Å². The maximum Gasteiger partial charge on any atom is 0.300 e. The highest BCUT2D eigenvalue weighted by Crippen LogP contribution is 2.32. The average Bonchev–Trinajstić information content (AvgIpc) is 3.16. The summed E-state index contributed by atoms with van der Waals surface area (Å²) in [6, 6.07) is 13.6. The third-order valence-electron chi connectivity index (χ3n) is 4.82. The monoisotopic (exact) mass is 365 g/mol. The van der Waals surface area contributed by atoms with Gasteiger partial charge in [-0.1, -0.05) is 23.8 Å². The molecule has 1 atom stereocenters. The van der Waals surface area contributed by atoms with Crippen molar-refractivity contribution in [2.75, 3.05) is 18.6 Å². The third-order valence-corrected chi connectivity index (χ3v) is 6.03. The first kappa shape index (κ1) is 16.9. The number of nitrogens with zero attached hydrogens (tertiary/aromatic N) is 3. The molecule has 0 radical (unpaired) electrons. The van der Waals surface area contributed by atoms with Gasteiger partial charge in [-0.3, -0.25) is 19.4 Å². The molecule has 1 aromatic heterocycles. The van der Waals surface area contributed by atoms with Crippen LogP contribution in [0.25, 0.3) is 10.2 Å². The minimum atomic E-state index is -0.464. The van der Waals surface area contributed by atoms with E-state index >= 15 is 0 Å².